The van der Waals surface area contributed by atoms with E-state index in [1.807, 2.05) is 6.07 Å². The van der Waals surface area contributed by atoms with Crippen molar-refractivity contribution in [3.8, 4) is 11.5 Å². The van der Waals surface area contributed by atoms with Gasteiger partial charge in [-0.25, -0.2) is 13.8 Å². The van der Waals surface area contributed by atoms with Crippen LogP contribution in [0.15, 0.2) is 24.3 Å². The van der Waals surface area contributed by atoms with Crippen molar-refractivity contribution in [3.05, 3.63) is 47.2 Å². The van der Waals surface area contributed by atoms with Crippen molar-refractivity contribution >= 4 is 11.7 Å². The summed E-state index contributed by atoms with van der Waals surface area (Å²) < 4.78 is 39.9. The fourth-order valence-electron chi connectivity index (χ4n) is 4.84. The van der Waals surface area contributed by atoms with Gasteiger partial charge in [0.25, 0.3) is 0 Å². The molecule has 2 aromatic rings. The van der Waals surface area contributed by atoms with Gasteiger partial charge in [-0.15, -0.1) is 0 Å². The molecule has 0 spiro atoms. The first-order valence-corrected chi connectivity index (χ1v) is 10.9. The monoisotopic (exact) mass is 445 g/mol. The third-order valence-corrected chi connectivity index (χ3v) is 6.74. The summed E-state index contributed by atoms with van der Waals surface area (Å²) >= 11 is 0. The highest BCUT2D eigenvalue weighted by Crippen LogP contribution is 2.41. The number of anilines is 1. The van der Waals surface area contributed by atoms with Crippen LogP contribution in [0.1, 0.15) is 49.3 Å². The SMILES string of the molecule is COc1cc(C2CCN(C)CC2)nc(N2C(=O)CC(c3c(F)cc(OC)cc3F)C2C)c1. The van der Waals surface area contributed by atoms with Crippen LogP contribution in [0, 0.1) is 11.6 Å². The number of aromatic nitrogens is 1. The summed E-state index contributed by atoms with van der Waals surface area (Å²) in [4.78, 5) is 21.7. The Hall–Kier alpha value is -2.74. The Balaban J connectivity index is 1.67. The van der Waals surface area contributed by atoms with Crippen LogP contribution in [0.3, 0.4) is 0 Å². The number of carbonyl (C=O) groups is 1. The fourth-order valence-corrected chi connectivity index (χ4v) is 4.84. The Morgan fingerprint density at radius 3 is 2.19 bits per heavy atom. The molecule has 3 heterocycles. The summed E-state index contributed by atoms with van der Waals surface area (Å²) in [6.45, 7) is 3.77. The van der Waals surface area contributed by atoms with Gasteiger partial charge < -0.3 is 14.4 Å². The molecule has 2 fully saturated rings. The number of rotatable bonds is 5. The van der Waals surface area contributed by atoms with E-state index in [9.17, 15) is 13.6 Å². The zero-order valence-electron chi connectivity index (χ0n) is 18.9. The van der Waals surface area contributed by atoms with Gasteiger partial charge in [-0.1, -0.05) is 0 Å². The standard InChI is InChI=1S/C24H29F2N3O3/c1-14-18(24-19(25)9-16(31-3)10-20(24)26)13-23(30)29(14)22-12-17(32-4)11-21(27-22)15-5-7-28(2)8-6-15/h9-12,14-15,18H,5-8,13H2,1-4H3. The van der Waals surface area contributed by atoms with Crippen LogP contribution in [0.5, 0.6) is 11.5 Å². The van der Waals surface area contributed by atoms with Crippen LogP contribution in [0.4, 0.5) is 14.6 Å². The lowest BCUT2D eigenvalue weighted by Gasteiger charge is -2.30. The van der Waals surface area contributed by atoms with E-state index in [1.165, 1.54) is 7.11 Å². The summed E-state index contributed by atoms with van der Waals surface area (Å²) in [5.41, 5.74) is 0.797. The van der Waals surface area contributed by atoms with Crippen molar-refractivity contribution in [1.29, 1.82) is 0 Å². The van der Waals surface area contributed by atoms with Gasteiger partial charge in [0, 0.05) is 59.8 Å². The first-order valence-electron chi connectivity index (χ1n) is 10.9. The number of benzene rings is 1. The summed E-state index contributed by atoms with van der Waals surface area (Å²) in [7, 11) is 5.04. The molecular weight excluding hydrogens is 416 g/mol. The second-order valence-corrected chi connectivity index (χ2v) is 8.69. The van der Waals surface area contributed by atoms with E-state index >= 15 is 0 Å². The first kappa shape index (κ1) is 22.5. The number of ether oxygens (including phenoxy) is 2. The molecule has 2 atom stereocenters. The van der Waals surface area contributed by atoms with Gasteiger partial charge in [-0.3, -0.25) is 9.69 Å². The van der Waals surface area contributed by atoms with E-state index in [1.54, 1.807) is 25.0 Å². The quantitative estimate of drug-likeness (QED) is 0.694. The van der Waals surface area contributed by atoms with Crippen LogP contribution >= 0.6 is 0 Å². The lowest BCUT2D eigenvalue weighted by Crippen LogP contribution is -2.34. The van der Waals surface area contributed by atoms with E-state index in [0.29, 0.717) is 11.6 Å². The molecule has 1 aromatic heterocycles. The minimum Gasteiger partial charge on any atom is -0.497 e. The molecule has 32 heavy (non-hydrogen) atoms. The van der Waals surface area contributed by atoms with E-state index in [4.69, 9.17) is 14.5 Å². The summed E-state index contributed by atoms with van der Waals surface area (Å²) in [5, 5.41) is 0. The van der Waals surface area contributed by atoms with Gasteiger partial charge in [0.15, 0.2) is 0 Å². The van der Waals surface area contributed by atoms with Gasteiger partial charge in [-0.05, 0) is 39.9 Å². The molecule has 0 radical (unpaired) electrons. The minimum atomic E-state index is -0.709. The number of methoxy groups -OCH3 is 2. The molecule has 2 aliphatic rings. The number of amides is 1. The molecular formula is C24H29F2N3O3. The molecule has 172 valence electrons. The maximum absolute atomic E-state index is 14.7. The Bertz CT molecular complexity index is 985. The van der Waals surface area contributed by atoms with Gasteiger partial charge in [0.2, 0.25) is 5.91 Å². The van der Waals surface area contributed by atoms with Crippen LogP contribution < -0.4 is 14.4 Å². The van der Waals surface area contributed by atoms with Gasteiger partial charge in [-0.2, -0.15) is 0 Å². The number of halogens is 2. The van der Waals surface area contributed by atoms with E-state index in [0.717, 1.165) is 43.8 Å². The Morgan fingerprint density at radius 2 is 1.59 bits per heavy atom. The molecule has 6 nitrogen and oxygen atoms in total. The molecule has 2 saturated heterocycles. The Morgan fingerprint density at radius 1 is 1.00 bits per heavy atom. The minimum absolute atomic E-state index is 0.00375. The molecule has 1 aromatic carbocycles. The van der Waals surface area contributed by atoms with Crippen LogP contribution in [-0.2, 0) is 4.79 Å². The third kappa shape index (κ3) is 4.16. The number of hydrogen-bond acceptors (Lipinski definition) is 5. The zero-order valence-corrected chi connectivity index (χ0v) is 18.9. The molecule has 0 bridgehead atoms. The van der Waals surface area contributed by atoms with Gasteiger partial charge >= 0.3 is 0 Å². The Kier molecular flexibility index (Phi) is 6.33. The molecule has 4 rings (SSSR count). The van der Waals surface area contributed by atoms with E-state index < -0.39 is 23.6 Å². The number of carbonyl (C=O) groups excluding carboxylic acids is 1. The third-order valence-electron chi connectivity index (χ3n) is 6.74. The van der Waals surface area contributed by atoms with Crippen LogP contribution in [-0.4, -0.2) is 56.2 Å². The normalized spacial score (nSPS) is 22.4. The summed E-state index contributed by atoms with van der Waals surface area (Å²) in [6, 6.07) is 5.48. The lowest BCUT2D eigenvalue weighted by atomic mass is 9.91. The molecule has 1 amide bonds. The second kappa shape index (κ2) is 9.02. The van der Waals surface area contributed by atoms with Crippen molar-refractivity contribution < 1.29 is 23.0 Å². The average Bonchev–Trinajstić information content (AvgIpc) is 3.06. The number of piperidine rings is 1. The molecule has 0 saturated carbocycles. The fraction of sp³-hybridized carbons (Fsp3) is 0.500. The van der Waals surface area contributed by atoms with Crippen molar-refractivity contribution in [1.82, 2.24) is 9.88 Å². The molecule has 2 unspecified atom stereocenters. The predicted octanol–water partition coefficient (Wildman–Crippen LogP) is 4.10. The smallest absolute Gasteiger partial charge is 0.229 e. The van der Waals surface area contributed by atoms with Crippen LogP contribution in [0.25, 0.3) is 0 Å². The van der Waals surface area contributed by atoms with Crippen molar-refractivity contribution in [3.63, 3.8) is 0 Å². The summed E-state index contributed by atoms with van der Waals surface area (Å²) in [5.74, 6) is -0.796. The van der Waals surface area contributed by atoms with Gasteiger partial charge in [0.05, 0.1) is 14.2 Å². The molecule has 8 heteroatoms. The highest BCUT2D eigenvalue weighted by molar-refractivity contribution is 5.96. The van der Waals surface area contributed by atoms with Crippen molar-refractivity contribution in [2.24, 2.45) is 0 Å². The second-order valence-electron chi connectivity index (χ2n) is 8.69. The Labute approximate surface area is 187 Å². The highest BCUT2D eigenvalue weighted by atomic mass is 19.1. The number of hydrogen-bond donors (Lipinski definition) is 0. The molecule has 0 N–H and O–H groups in total. The van der Waals surface area contributed by atoms with Gasteiger partial charge in [0.1, 0.15) is 29.0 Å². The van der Waals surface area contributed by atoms with Crippen molar-refractivity contribution in [2.75, 3.05) is 39.3 Å². The number of nitrogens with zero attached hydrogens (tertiary/aromatic N) is 3. The first-order chi connectivity index (χ1) is 15.3. The van der Waals surface area contributed by atoms with Crippen LogP contribution in [0.2, 0.25) is 0 Å². The van der Waals surface area contributed by atoms with E-state index in [-0.39, 0.29) is 29.6 Å². The molecule has 0 aliphatic carbocycles. The topological polar surface area (TPSA) is 54.9 Å². The van der Waals surface area contributed by atoms with Crippen molar-refractivity contribution in [2.45, 2.75) is 44.1 Å². The highest BCUT2D eigenvalue weighted by Gasteiger charge is 2.42. The number of likely N-dealkylation sites (tertiary alicyclic amines) is 1. The predicted molar refractivity (Wildman–Crippen MR) is 117 cm³/mol. The maximum Gasteiger partial charge on any atom is 0.229 e. The van der Waals surface area contributed by atoms with E-state index in [2.05, 4.69) is 11.9 Å². The zero-order chi connectivity index (χ0) is 23.0. The lowest BCUT2D eigenvalue weighted by molar-refractivity contribution is -0.117. The number of pyridine rings is 1. The maximum atomic E-state index is 14.7. The average molecular weight is 446 g/mol. The molecule has 2 aliphatic heterocycles. The summed E-state index contributed by atoms with van der Waals surface area (Å²) in [6.07, 6.45) is 1.96. The largest absolute Gasteiger partial charge is 0.497 e.